The van der Waals surface area contributed by atoms with Gasteiger partial charge in [0.25, 0.3) is 0 Å². The number of fused-ring (bicyclic) bond motifs is 1. The molecule has 8 nitrogen and oxygen atoms in total. The van der Waals surface area contributed by atoms with Crippen molar-refractivity contribution in [3.8, 4) is 22.8 Å². The van der Waals surface area contributed by atoms with E-state index in [0.717, 1.165) is 16.8 Å². The summed E-state index contributed by atoms with van der Waals surface area (Å²) in [4.78, 5) is 4.33. The van der Waals surface area contributed by atoms with Gasteiger partial charge in [0.1, 0.15) is 13.2 Å². The van der Waals surface area contributed by atoms with Gasteiger partial charge >= 0.3 is 0 Å². The summed E-state index contributed by atoms with van der Waals surface area (Å²) in [6, 6.07) is 8.34. The van der Waals surface area contributed by atoms with E-state index in [-0.39, 0.29) is 11.4 Å². The van der Waals surface area contributed by atoms with Gasteiger partial charge in [0, 0.05) is 43.8 Å². The maximum absolute atomic E-state index is 12.6. The van der Waals surface area contributed by atoms with E-state index >= 15 is 0 Å². The van der Waals surface area contributed by atoms with E-state index in [1.807, 2.05) is 19.2 Å². The molecule has 1 aromatic carbocycles. The minimum Gasteiger partial charge on any atom is -0.486 e. The molecule has 4 rings (SSSR count). The highest BCUT2D eigenvalue weighted by Gasteiger charge is 2.19. The molecule has 1 aliphatic rings. The normalized spacial score (nSPS) is 13.5. The van der Waals surface area contributed by atoms with Crippen molar-refractivity contribution < 1.29 is 17.9 Å². The number of aryl methyl sites for hydroxylation is 1. The summed E-state index contributed by atoms with van der Waals surface area (Å²) in [5.74, 6) is 0.984. The van der Waals surface area contributed by atoms with Crippen molar-refractivity contribution >= 4 is 10.0 Å². The first-order chi connectivity index (χ1) is 13.0. The third kappa shape index (κ3) is 3.64. The Morgan fingerprint density at radius 3 is 2.70 bits per heavy atom. The molecule has 3 aromatic rings. The van der Waals surface area contributed by atoms with Gasteiger partial charge in [-0.3, -0.25) is 9.67 Å². The Morgan fingerprint density at radius 1 is 1.11 bits per heavy atom. The molecule has 0 fully saturated rings. The standard InChI is InChI=1S/C18H18N4O4S/c1-22-16(4-5-20-22)14-8-13(10-19-12-14)11-21-27(23,24)15-2-3-17-18(9-15)26-7-6-25-17/h2-5,8-10,12,21H,6-7,11H2,1H3. The van der Waals surface area contributed by atoms with Crippen molar-refractivity contribution in [2.24, 2.45) is 7.05 Å². The predicted molar refractivity (Wildman–Crippen MR) is 97.9 cm³/mol. The number of nitrogens with one attached hydrogen (secondary N) is 1. The van der Waals surface area contributed by atoms with Gasteiger partial charge in [-0.15, -0.1) is 0 Å². The lowest BCUT2D eigenvalue weighted by Crippen LogP contribution is -2.24. The largest absolute Gasteiger partial charge is 0.486 e. The highest BCUT2D eigenvalue weighted by atomic mass is 32.2. The Kier molecular flexibility index (Phi) is 4.54. The van der Waals surface area contributed by atoms with Gasteiger partial charge in [-0.2, -0.15) is 5.10 Å². The smallest absolute Gasteiger partial charge is 0.241 e. The summed E-state index contributed by atoms with van der Waals surface area (Å²) in [7, 11) is -1.86. The average Bonchev–Trinajstić information content (AvgIpc) is 3.12. The second-order valence-electron chi connectivity index (χ2n) is 6.05. The Labute approximate surface area is 156 Å². The summed E-state index contributed by atoms with van der Waals surface area (Å²) in [6.45, 7) is 0.975. The molecule has 3 heterocycles. The van der Waals surface area contributed by atoms with Gasteiger partial charge in [-0.1, -0.05) is 0 Å². The number of ether oxygens (including phenoxy) is 2. The SMILES string of the molecule is Cn1nccc1-c1cncc(CNS(=O)(=O)c2ccc3c(c2)OCCO3)c1. The number of benzene rings is 1. The molecule has 1 N–H and O–H groups in total. The lowest BCUT2D eigenvalue weighted by molar-refractivity contribution is 0.171. The number of pyridine rings is 1. The number of aromatic nitrogens is 3. The Bertz CT molecular complexity index is 1080. The Hall–Kier alpha value is -2.91. The fourth-order valence-corrected chi connectivity index (χ4v) is 3.87. The third-order valence-corrected chi connectivity index (χ3v) is 5.60. The zero-order valence-corrected chi connectivity index (χ0v) is 15.4. The van der Waals surface area contributed by atoms with Crippen LogP contribution in [0.4, 0.5) is 0 Å². The van der Waals surface area contributed by atoms with Gasteiger partial charge in [-0.05, 0) is 29.8 Å². The van der Waals surface area contributed by atoms with Gasteiger partial charge in [0.15, 0.2) is 11.5 Å². The second kappa shape index (κ2) is 7.01. The highest BCUT2D eigenvalue weighted by molar-refractivity contribution is 7.89. The zero-order valence-electron chi connectivity index (χ0n) is 14.6. The van der Waals surface area contributed by atoms with Crippen LogP contribution in [-0.4, -0.2) is 36.4 Å². The molecule has 9 heteroatoms. The Balaban J connectivity index is 1.52. The Morgan fingerprint density at radius 2 is 1.93 bits per heavy atom. The zero-order chi connectivity index (χ0) is 18.9. The summed E-state index contributed by atoms with van der Waals surface area (Å²) in [5.41, 5.74) is 2.51. The predicted octanol–water partition coefficient (Wildman–Crippen LogP) is 1.73. The van der Waals surface area contributed by atoms with Crippen molar-refractivity contribution in [2.45, 2.75) is 11.4 Å². The van der Waals surface area contributed by atoms with Crippen molar-refractivity contribution in [1.29, 1.82) is 0 Å². The molecule has 140 valence electrons. The topological polar surface area (TPSA) is 95.3 Å². The lowest BCUT2D eigenvalue weighted by atomic mass is 10.1. The van der Waals surface area contributed by atoms with E-state index in [9.17, 15) is 8.42 Å². The van der Waals surface area contributed by atoms with Gasteiger partial charge < -0.3 is 9.47 Å². The van der Waals surface area contributed by atoms with Crippen LogP contribution in [0.25, 0.3) is 11.3 Å². The van der Waals surface area contributed by atoms with Crippen LogP contribution in [0.2, 0.25) is 0 Å². The summed E-state index contributed by atoms with van der Waals surface area (Å²) >= 11 is 0. The first-order valence-corrected chi connectivity index (χ1v) is 9.83. The van der Waals surface area contributed by atoms with Crippen molar-refractivity contribution in [3.05, 3.63) is 54.5 Å². The number of hydrogen-bond donors (Lipinski definition) is 1. The first kappa shape index (κ1) is 17.5. The number of nitrogens with zero attached hydrogens (tertiary/aromatic N) is 3. The minimum absolute atomic E-state index is 0.121. The third-order valence-electron chi connectivity index (χ3n) is 4.20. The van der Waals surface area contributed by atoms with E-state index in [1.54, 1.807) is 29.3 Å². The number of hydrogen-bond acceptors (Lipinski definition) is 6. The molecule has 0 radical (unpaired) electrons. The van der Waals surface area contributed by atoms with E-state index in [2.05, 4.69) is 14.8 Å². The molecule has 1 aliphatic heterocycles. The number of rotatable bonds is 5. The molecule has 2 aromatic heterocycles. The van der Waals surface area contributed by atoms with Crippen LogP contribution in [0, 0.1) is 0 Å². The molecule has 0 aliphatic carbocycles. The fraction of sp³-hybridized carbons (Fsp3) is 0.222. The molecule has 27 heavy (non-hydrogen) atoms. The van der Waals surface area contributed by atoms with E-state index in [4.69, 9.17) is 9.47 Å². The van der Waals surface area contributed by atoms with Crippen LogP contribution in [0.1, 0.15) is 5.56 Å². The van der Waals surface area contributed by atoms with Crippen LogP contribution in [0.5, 0.6) is 11.5 Å². The van der Waals surface area contributed by atoms with Crippen LogP contribution >= 0.6 is 0 Å². The van der Waals surface area contributed by atoms with Crippen LogP contribution in [0.15, 0.2) is 53.8 Å². The van der Waals surface area contributed by atoms with Crippen LogP contribution in [-0.2, 0) is 23.6 Å². The second-order valence-corrected chi connectivity index (χ2v) is 7.82. The average molecular weight is 386 g/mol. The molecule has 0 bridgehead atoms. The molecular weight excluding hydrogens is 368 g/mol. The van der Waals surface area contributed by atoms with Crippen molar-refractivity contribution in [1.82, 2.24) is 19.5 Å². The molecule has 0 spiro atoms. The quantitative estimate of drug-likeness (QED) is 0.718. The molecule has 0 saturated heterocycles. The maximum atomic E-state index is 12.6. The van der Waals surface area contributed by atoms with Crippen LogP contribution < -0.4 is 14.2 Å². The summed E-state index contributed by atoms with van der Waals surface area (Å²) < 4.78 is 40.4. The first-order valence-electron chi connectivity index (χ1n) is 8.34. The molecule has 0 atom stereocenters. The van der Waals surface area contributed by atoms with Gasteiger partial charge in [-0.25, -0.2) is 13.1 Å². The van der Waals surface area contributed by atoms with Crippen molar-refractivity contribution in [2.75, 3.05) is 13.2 Å². The monoisotopic (exact) mass is 386 g/mol. The van der Waals surface area contributed by atoms with E-state index < -0.39 is 10.0 Å². The van der Waals surface area contributed by atoms with E-state index in [1.165, 1.54) is 12.1 Å². The van der Waals surface area contributed by atoms with E-state index in [0.29, 0.717) is 24.7 Å². The summed E-state index contributed by atoms with van der Waals surface area (Å²) in [5, 5.41) is 4.14. The van der Waals surface area contributed by atoms with Gasteiger partial charge in [0.05, 0.1) is 10.6 Å². The van der Waals surface area contributed by atoms with Crippen LogP contribution in [0.3, 0.4) is 0 Å². The number of sulfonamides is 1. The molecule has 0 amide bonds. The maximum Gasteiger partial charge on any atom is 0.241 e. The summed E-state index contributed by atoms with van der Waals surface area (Å²) in [6.07, 6.45) is 5.05. The molecular formula is C18H18N4O4S. The minimum atomic E-state index is -3.70. The van der Waals surface area contributed by atoms with Crippen molar-refractivity contribution in [3.63, 3.8) is 0 Å². The highest BCUT2D eigenvalue weighted by Crippen LogP contribution is 2.32. The molecule has 0 unspecified atom stereocenters. The lowest BCUT2D eigenvalue weighted by Gasteiger charge is -2.19. The fourth-order valence-electron chi connectivity index (χ4n) is 2.83. The molecule has 0 saturated carbocycles. The van der Waals surface area contributed by atoms with Gasteiger partial charge in [0.2, 0.25) is 10.0 Å².